The van der Waals surface area contributed by atoms with Gasteiger partial charge in [-0.25, -0.2) is 0 Å². The molecule has 0 fully saturated rings. The summed E-state index contributed by atoms with van der Waals surface area (Å²) in [4.78, 5) is 0. The van der Waals surface area contributed by atoms with E-state index in [4.69, 9.17) is 0 Å². The van der Waals surface area contributed by atoms with Gasteiger partial charge >= 0.3 is 0 Å². The molecule has 0 saturated carbocycles. The summed E-state index contributed by atoms with van der Waals surface area (Å²) in [5.41, 5.74) is 3.39. The molecule has 0 atom stereocenters. The normalized spacial score (nSPS) is 10.5. The van der Waals surface area contributed by atoms with Crippen molar-refractivity contribution >= 4 is 12.4 Å². The maximum Gasteiger partial charge on any atom is 0.0762 e. The standard InChI is InChI=1S/C13H21N5.ClH/c1-4-6-18-13(8-11(2)15-18)10-14-9-12-5-7-17(3)16-12;/h5,7-8,14H,4,6,9-10H2,1-3H3;1H. The molecule has 5 nitrogen and oxygen atoms in total. The Bertz CT molecular complexity index is 503. The second-order valence-corrected chi connectivity index (χ2v) is 4.58. The van der Waals surface area contributed by atoms with E-state index >= 15 is 0 Å². The molecule has 0 unspecified atom stereocenters. The fraction of sp³-hybridized carbons (Fsp3) is 0.538. The van der Waals surface area contributed by atoms with Crippen LogP contribution in [-0.2, 0) is 26.7 Å². The summed E-state index contributed by atoms with van der Waals surface area (Å²) in [7, 11) is 1.93. The molecule has 0 aromatic carbocycles. The van der Waals surface area contributed by atoms with Crippen LogP contribution in [0.3, 0.4) is 0 Å². The quantitative estimate of drug-likeness (QED) is 0.883. The van der Waals surface area contributed by atoms with Crippen LogP contribution in [0.5, 0.6) is 0 Å². The Morgan fingerprint density at radius 2 is 2.05 bits per heavy atom. The van der Waals surface area contributed by atoms with Gasteiger partial charge in [0.1, 0.15) is 0 Å². The van der Waals surface area contributed by atoms with E-state index in [0.717, 1.165) is 37.4 Å². The van der Waals surface area contributed by atoms with Crippen molar-refractivity contribution in [2.24, 2.45) is 7.05 Å². The number of hydrogen-bond donors (Lipinski definition) is 1. The zero-order valence-corrected chi connectivity index (χ0v) is 12.6. The van der Waals surface area contributed by atoms with Crippen LogP contribution in [0.4, 0.5) is 0 Å². The maximum absolute atomic E-state index is 4.49. The third-order valence-corrected chi connectivity index (χ3v) is 2.80. The molecule has 0 aliphatic rings. The van der Waals surface area contributed by atoms with Gasteiger partial charge in [0.2, 0.25) is 0 Å². The van der Waals surface area contributed by atoms with Crippen molar-refractivity contribution in [2.75, 3.05) is 0 Å². The van der Waals surface area contributed by atoms with Gasteiger partial charge in [-0.1, -0.05) is 6.92 Å². The Morgan fingerprint density at radius 3 is 2.68 bits per heavy atom. The Hall–Kier alpha value is -1.33. The van der Waals surface area contributed by atoms with Crippen molar-refractivity contribution in [3.05, 3.63) is 35.4 Å². The van der Waals surface area contributed by atoms with Crippen molar-refractivity contribution in [3.63, 3.8) is 0 Å². The van der Waals surface area contributed by atoms with Crippen molar-refractivity contribution in [1.82, 2.24) is 24.9 Å². The smallest absolute Gasteiger partial charge is 0.0762 e. The van der Waals surface area contributed by atoms with Gasteiger partial charge in [-0.05, 0) is 25.5 Å². The molecule has 19 heavy (non-hydrogen) atoms. The Morgan fingerprint density at radius 1 is 1.26 bits per heavy atom. The molecular formula is C13H22ClN5. The fourth-order valence-electron chi connectivity index (χ4n) is 2.02. The highest BCUT2D eigenvalue weighted by Gasteiger charge is 2.04. The van der Waals surface area contributed by atoms with E-state index in [0.29, 0.717) is 0 Å². The maximum atomic E-state index is 4.49. The second kappa shape index (κ2) is 7.31. The zero-order valence-electron chi connectivity index (χ0n) is 11.8. The van der Waals surface area contributed by atoms with Crippen LogP contribution in [0.15, 0.2) is 18.3 Å². The number of aromatic nitrogens is 4. The van der Waals surface area contributed by atoms with E-state index in [2.05, 4.69) is 33.2 Å². The topological polar surface area (TPSA) is 47.7 Å². The van der Waals surface area contributed by atoms with Crippen molar-refractivity contribution in [3.8, 4) is 0 Å². The molecule has 1 N–H and O–H groups in total. The van der Waals surface area contributed by atoms with E-state index < -0.39 is 0 Å². The lowest BCUT2D eigenvalue weighted by Crippen LogP contribution is -2.17. The molecule has 106 valence electrons. The van der Waals surface area contributed by atoms with E-state index in [1.807, 2.05) is 30.9 Å². The molecule has 0 amide bonds. The molecule has 0 saturated heterocycles. The fourth-order valence-corrected chi connectivity index (χ4v) is 2.02. The largest absolute Gasteiger partial charge is 0.305 e. The summed E-state index contributed by atoms with van der Waals surface area (Å²) < 4.78 is 3.91. The highest BCUT2D eigenvalue weighted by atomic mass is 35.5. The van der Waals surface area contributed by atoms with Crippen LogP contribution in [0.1, 0.15) is 30.4 Å². The molecule has 2 heterocycles. The van der Waals surface area contributed by atoms with Gasteiger partial charge in [-0.15, -0.1) is 12.4 Å². The van der Waals surface area contributed by atoms with Crippen LogP contribution < -0.4 is 5.32 Å². The van der Waals surface area contributed by atoms with Crippen LogP contribution >= 0.6 is 12.4 Å². The zero-order chi connectivity index (χ0) is 13.0. The highest BCUT2D eigenvalue weighted by Crippen LogP contribution is 2.05. The number of rotatable bonds is 6. The third kappa shape index (κ3) is 4.36. The summed E-state index contributed by atoms with van der Waals surface area (Å²) in [6.07, 6.45) is 3.07. The van der Waals surface area contributed by atoms with Gasteiger partial charge in [0.05, 0.1) is 17.1 Å². The number of aryl methyl sites for hydroxylation is 3. The van der Waals surface area contributed by atoms with Crippen LogP contribution in [0, 0.1) is 6.92 Å². The molecule has 0 bridgehead atoms. The highest BCUT2D eigenvalue weighted by molar-refractivity contribution is 5.85. The molecule has 0 aliphatic carbocycles. The monoisotopic (exact) mass is 283 g/mol. The van der Waals surface area contributed by atoms with Crippen LogP contribution in [0.25, 0.3) is 0 Å². The first-order valence-electron chi connectivity index (χ1n) is 6.41. The first-order chi connectivity index (χ1) is 8.69. The summed E-state index contributed by atoms with van der Waals surface area (Å²) in [5, 5.41) is 12.2. The van der Waals surface area contributed by atoms with Crippen LogP contribution in [0.2, 0.25) is 0 Å². The van der Waals surface area contributed by atoms with E-state index in [9.17, 15) is 0 Å². The third-order valence-electron chi connectivity index (χ3n) is 2.80. The molecule has 2 aromatic rings. The number of hydrogen-bond acceptors (Lipinski definition) is 3. The number of nitrogens with one attached hydrogen (secondary N) is 1. The Kier molecular flexibility index (Phi) is 6.05. The average Bonchev–Trinajstić information content (AvgIpc) is 2.87. The van der Waals surface area contributed by atoms with Crippen molar-refractivity contribution < 1.29 is 0 Å². The lowest BCUT2D eigenvalue weighted by Gasteiger charge is -2.06. The SMILES string of the molecule is CCCn1nc(C)cc1CNCc1ccn(C)n1.Cl. The predicted molar refractivity (Wildman–Crippen MR) is 78.3 cm³/mol. The molecule has 6 heteroatoms. The van der Waals surface area contributed by atoms with E-state index in [-0.39, 0.29) is 12.4 Å². The Labute approximate surface area is 120 Å². The van der Waals surface area contributed by atoms with Gasteiger partial charge in [-0.2, -0.15) is 10.2 Å². The number of nitrogens with zero attached hydrogens (tertiary/aromatic N) is 4. The first-order valence-corrected chi connectivity index (χ1v) is 6.41. The molecular weight excluding hydrogens is 262 g/mol. The predicted octanol–water partition coefficient (Wildman–Crippen LogP) is 2.05. The summed E-state index contributed by atoms with van der Waals surface area (Å²) in [6, 6.07) is 4.17. The minimum Gasteiger partial charge on any atom is -0.305 e. The lowest BCUT2D eigenvalue weighted by molar-refractivity contribution is 0.544. The van der Waals surface area contributed by atoms with E-state index in [1.165, 1.54) is 5.69 Å². The van der Waals surface area contributed by atoms with Crippen LogP contribution in [-0.4, -0.2) is 19.6 Å². The average molecular weight is 284 g/mol. The Balaban J connectivity index is 0.00000180. The minimum absolute atomic E-state index is 0. The summed E-state index contributed by atoms with van der Waals surface area (Å²) >= 11 is 0. The molecule has 2 rings (SSSR count). The van der Waals surface area contributed by atoms with Gasteiger partial charge < -0.3 is 5.32 Å². The van der Waals surface area contributed by atoms with Gasteiger partial charge in [0.15, 0.2) is 0 Å². The van der Waals surface area contributed by atoms with Gasteiger partial charge in [0, 0.05) is 32.9 Å². The molecule has 0 spiro atoms. The molecule has 0 aliphatic heterocycles. The van der Waals surface area contributed by atoms with Gasteiger partial charge in [-0.3, -0.25) is 9.36 Å². The minimum atomic E-state index is 0. The second-order valence-electron chi connectivity index (χ2n) is 4.58. The van der Waals surface area contributed by atoms with Crippen molar-refractivity contribution in [2.45, 2.75) is 39.9 Å². The molecule has 0 radical (unpaired) electrons. The molecule has 2 aromatic heterocycles. The lowest BCUT2D eigenvalue weighted by atomic mass is 10.3. The summed E-state index contributed by atoms with van der Waals surface area (Å²) in [6.45, 7) is 6.81. The van der Waals surface area contributed by atoms with Crippen molar-refractivity contribution in [1.29, 1.82) is 0 Å². The van der Waals surface area contributed by atoms with E-state index in [1.54, 1.807) is 0 Å². The number of halogens is 1. The summed E-state index contributed by atoms with van der Waals surface area (Å²) in [5.74, 6) is 0. The van der Waals surface area contributed by atoms with Gasteiger partial charge in [0.25, 0.3) is 0 Å². The first kappa shape index (κ1) is 15.7.